The minimum atomic E-state index is -0.399. The van der Waals surface area contributed by atoms with Crippen LogP contribution in [-0.4, -0.2) is 29.7 Å². The molecular weight excluding hydrogens is 314 g/mol. The molecule has 0 amide bonds. The molecule has 4 atom stereocenters. The third kappa shape index (κ3) is 2.11. The SMILES string of the molecule is NC1C2CCOC2C1Nc1ccc(Br)cc1[N+](=O)[O-]. The first kappa shape index (κ1) is 12.8. The van der Waals surface area contributed by atoms with E-state index in [1.807, 2.05) is 0 Å². The van der Waals surface area contributed by atoms with Gasteiger partial charge < -0.3 is 15.8 Å². The molecule has 0 aromatic heterocycles. The summed E-state index contributed by atoms with van der Waals surface area (Å²) in [7, 11) is 0. The van der Waals surface area contributed by atoms with Gasteiger partial charge in [0.2, 0.25) is 0 Å². The maximum Gasteiger partial charge on any atom is 0.293 e. The molecule has 19 heavy (non-hydrogen) atoms. The van der Waals surface area contributed by atoms with Crippen LogP contribution in [0.1, 0.15) is 6.42 Å². The molecule has 4 unspecified atom stereocenters. The summed E-state index contributed by atoms with van der Waals surface area (Å²) in [4.78, 5) is 10.7. The third-order valence-corrected chi connectivity index (χ3v) is 4.42. The summed E-state index contributed by atoms with van der Waals surface area (Å²) in [6.07, 6.45) is 1.06. The van der Waals surface area contributed by atoms with Crippen molar-refractivity contribution in [3.63, 3.8) is 0 Å². The number of nitrogens with two attached hydrogens (primary N) is 1. The molecule has 1 aromatic carbocycles. The van der Waals surface area contributed by atoms with Crippen molar-refractivity contribution in [3.05, 3.63) is 32.8 Å². The van der Waals surface area contributed by atoms with E-state index in [2.05, 4.69) is 21.2 Å². The number of rotatable bonds is 3. The van der Waals surface area contributed by atoms with Gasteiger partial charge in [0.25, 0.3) is 5.69 Å². The zero-order chi connectivity index (χ0) is 13.6. The zero-order valence-electron chi connectivity index (χ0n) is 10.1. The number of ether oxygens (including phenoxy) is 1. The van der Waals surface area contributed by atoms with Crippen molar-refractivity contribution in [1.29, 1.82) is 0 Å². The summed E-state index contributed by atoms with van der Waals surface area (Å²) in [5, 5.41) is 14.2. The van der Waals surface area contributed by atoms with Gasteiger partial charge in [-0.15, -0.1) is 0 Å². The number of hydrogen-bond donors (Lipinski definition) is 2. The highest BCUT2D eigenvalue weighted by atomic mass is 79.9. The molecule has 2 aliphatic rings. The van der Waals surface area contributed by atoms with Crippen LogP contribution in [0.15, 0.2) is 22.7 Å². The number of benzene rings is 1. The Morgan fingerprint density at radius 2 is 2.32 bits per heavy atom. The molecule has 1 saturated heterocycles. The van der Waals surface area contributed by atoms with E-state index in [4.69, 9.17) is 10.5 Å². The standard InChI is InChI=1S/C12H14BrN3O3/c13-6-1-2-8(9(5-6)16(17)18)15-11-10(14)7-3-4-19-12(7)11/h1-2,5,7,10-12,15H,3-4,14H2. The first-order chi connectivity index (χ1) is 9.08. The Kier molecular flexibility index (Phi) is 3.20. The van der Waals surface area contributed by atoms with Gasteiger partial charge in [-0.25, -0.2) is 0 Å². The first-order valence-electron chi connectivity index (χ1n) is 6.15. The van der Waals surface area contributed by atoms with Gasteiger partial charge in [-0.1, -0.05) is 15.9 Å². The number of nitro benzene ring substituents is 1. The van der Waals surface area contributed by atoms with Crippen molar-refractivity contribution in [3.8, 4) is 0 Å². The van der Waals surface area contributed by atoms with Crippen molar-refractivity contribution in [2.75, 3.05) is 11.9 Å². The maximum atomic E-state index is 11.1. The molecule has 1 saturated carbocycles. The normalized spacial score (nSPS) is 32.5. The van der Waals surface area contributed by atoms with Gasteiger partial charge in [0, 0.05) is 29.1 Å². The van der Waals surface area contributed by atoms with Crippen LogP contribution in [0, 0.1) is 16.0 Å². The molecular formula is C12H14BrN3O3. The Balaban J connectivity index is 1.82. The lowest BCUT2D eigenvalue weighted by molar-refractivity contribution is -0.384. The second-order valence-electron chi connectivity index (χ2n) is 4.95. The highest BCUT2D eigenvalue weighted by molar-refractivity contribution is 9.10. The van der Waals surface area contributed by atoms with E-state index < -0.39 is 4.92 Å². The molecule has 1 aliphatic carbocycles. The van der Waals surface area contributed by atoms with Gasteiger partial charge in [-0.2, -0.15) is 0 Å². The van der Waals surface area contributed by atoms with Crippen LogP contribution >= 0.6 is 15.9 Å². The fourth-order valence-corrected chi connectivity index (χ4v) is 3.23. The number of nitro groups is 1. The quantitative estimate of drug-likeness (QED) is 0.653. The van der Waals surface area contributed by atoms with E-state index >= 15 is 0 Å². The number of nitrogens with one attached hydrogen (secondary N) is 1. The summed E-state index contributed by atoms with van der Waals surface area (Å²) in [6.45, 7) is 0.726. The summed E-state index contributed by atoms with van der Waals surface area (Å²) < 4.78 is 6.29. The van der Waals surface area contributed by atoms with Gasteiger partial charge >= 0.3 is 0 Å². The van der Waals surface area contributed by atoms with Gasteiger partial charge in [-0.05, 0) is 18.6 Å². The summed E-state index contributed by atoms with van der Waals surface area (Å²) in [6, 6.07) is 4.89. The number of hydrogen-bond acceptors (Lipinski definition) is 5. The fraction of sp³-hybridized carbons (Fsp3) is 0.500. The molecule has 0 radical (unpaired) electrons. The second-order valence-corrected chi connectivity index (χ2v) is 5.87. The van der Waals surface area contributed by atoms with Crippen LogP contribution in [0.25, 0.3) is 0 Å². The lowest BCUT2D eigenvalue weighted by Gasteiger charge is -2.46. The van der Waals surface area contributed by atoms with Crippen molar-refractivity contribution >= 4 is 27.3 Å². The maximum absolute atomic E-state index is 11.1. The minimum Gasteiger partial charge on any atom is -0.376 e. The Hall–Kier alpha value is -1.18. The number of anilines is 1. The highest BCUT2D eigenvalue weighted by Crippen LogP contribution is 2.40. The van der Waals surface area contributed by atoms with Crippen LogP contribution in [0.3, 0.4) is 0 Å². The zero-order valence-corrected chi connectivity index (χ0v) is 11.7. The Bertz CT molecular complexity index is 525. The molecule has 0 spiro atoms. The van der Waals surface area contributed by atoms with Gasteiger partial charge in [0.1, 0.15) is 5.69 Å². The van der Waals surface area contributed by atoms with Crippen LogP contribution in [-0.2, 0) is 4.74 Å². The van der Waals surface area contributed by atoms with Gasteiger partial charge in [0.15, 0.2) is 0 Å². The number of fused-ring (bicyclic) bond motifs is 1. The molecule has 3 rings (SSSR count). The molecule has 2 fully saturated rings. The van der Waals surface area contributed by atoms with Crippen molar-refractivity contribution in [2.45, 2.75) is 24.6 Å². The first-order valence-corrected chi connectivity index (χ1v) is 6.95. The van der Waals surface area contributed by atoms with Gasteiger partial charge in [-0.3, -0.25) is 10.1 Å². The lowest BCUT2D eigenvalue weighted by Crippen LogP contribution is -2.65. The summed E-state index contributed by atoms with van der Waals surface area (Å²) in [5.74, 6) is 0.381. The smallest absolute Gasteiger partial charge is 0.293 e. The van der Waals surface area contributed by atoms with E-state index in [1.54, 1.807) is 12.1 Å². The van der Waals surface area contributed by atoms with Crippen LogP contribution in [0.4, 0.5) is 11.4 Å². The Labute approximate surface area is 118 Å². The molecule has 6 nitrogen and oxygen atoms in total. The molecule has 7 heteroatoms. The van der Waals surface area contributed by atoms with E-state index in [1.165, 1.54) is 6.07 Å². The predicted octanol–water partition coefficient (Wildman–Crippen LogP) is 1.88. The van der Waals surface area contributed by atoms with E-state index in [0.717, 1.165) is 13.0 Å². The molecule has 1 aromatic rings. The summed E-state index contributed by atoms with van der Waals surface area (Å²) in [5.41, 5.74) is 6.62. The van der Waals surface area contributed by atoms with Gasteiger partial charge in [0.05, 0.1) is 17.1 Å². The van der Waals surface area contributed by atoms with Crippen molar-refractivity contribution < 1.29 is 9.66 Å². The largest absolute Gasteiger partial charge is 0.376 e. The van der Waals surface area contributed by atoms with E-state index in [-0.39, 0.29) is 23.9 Å². The molecule has 102 valence electrons. The predicted molar refractivity (Wildman–Crippen MR) is 74.0 cm³/mol. The van der Waals surface area contributed by atoms with Crippen molar-refractivity contribution in [2.24, 2.45) is 11.7 Å². The van der Waals surface area contributed by atoms with Crippen LogP contribution in [0.2, 0.25) is 0 Å². The monoisotopic (exact) mass is 327 g/mol. The highest BCUT2D eigenvalue weighted by Gasteiger charge is 2.52. The number of halogens is 1. The fourth-order valence-electron chi connectivity index (χ4n) is 2.89. The molecule has 3 N–H and O–H groups in total. The third-order valence-electron chi connectivity index (χ3n) is 3.93. The minimum absolute atomic E-state index is 0.00393. The lowest BCUT2D eigenvalue weighted by atomic mass is 9.72. The van der Waals surface area contributed by atoms with Crippen LogP contribution in [0.5, 0.6) is 0 Å². The molecule has 1 aliphatic heterocycles. The Morgan fingerprint density at radius 1 is 1.53 bits per heavy atom. The van der Waals surface area contributed by atoms with E-state index in [9.17, 15) is 10.1 Å². The average Bonchev–Trinajstić information content (AvgIpc) is 2.81. The number of nitrogens with zero attached hydrogens (tertiary/aromatic N) is 1. The van der Waals surface area contributed by atoms with Crippen molar-refractivity contribution in [1.82, 2.24) is 0 Å². The average molecular weight is 328 g/mol. The topological polar surface area (TPSA) is 90.4 Å². The van der Waals surface area contributed by atoms with E-state index in [0.29, 0.717) is 16.1 Å². The molecule has 0 bridgehead atoms. The second kappa shape index (κ2) is 4.73. The summed E-state index contributed by atoms with van der Waals surface area (Å²) >= 11 is 3.24. The van der Waals surface area contributed by atoms with Crippen LogP contribution < -0.4 is 11.1 Å². The molecule has 1 heterocycles. The Morgan fingerprint density at radius 3 is 3.05 bits per heavy atom.